The molecule has 2 fully saturated rings. The van der Waals surface area contributed by atoms with Crippen LogP contribution in [0.15, 0.2) is 0 Å². The Morgan fingerprint density at radius 3 is 3.00 bits per heavy atom. The van der Waals surface area contributed by atoms with E-state index in [2.05, 4.69) is 6.92 Å². The molecule has 0 unspecified atom stereocenters. The zero-order valence-corrected chi connectivity index (χ0v) is 8.25. The zero-order valence-electron chi connectivity index (χ0n) is 8.25. The van der Waals surface area contributed by atoms with Crippen LogP contribution in [0.5, 0.6) is 0 Å². The number of fused-ring (bicyclic) bond motifs is 2. The van der Waals surface area contributed by atoms with E-state index in [0.717, 1.165) is 25.7 Å². The van der Waals surface area contributed by atoms with Gasteiger partial charge in [-0.3, -0.25) is 4.79 Å². The molecule has 2 rings (SSSR count). The van der Waals surface area contributed by atoms with Crippen molar-refractivity contribution in [3.8, 4) is 0 Å². The Labute approximate surface area is 79.3 Å². The lowest BCUT2D eigenvalue weighted by Crippen LogP contribution is -2.36. The minimum atomic E-state index is -0.352. The SMILES string of the molecule is C[C@]12CCC[C@@H](O)[C@H](C1)C(=O)CC2. The van der Waals surface area contributed by atoms with Crippen molar-refractivity contribution in [2.75, 3.05) is 0 Å². The molecule has 0 saturated heterocycles. The van der Waals surface area contributed by atoms with Gasteiger partial charge < -0.3 is 5.11 Å². The number of aliphatic hydroxyl groups is 1. The van der Waals surface area contributed by atoms with E-state index in [-0.39, 0.29) is 12.0 Å². The lowest BCUT2D eigenvalue weighted by molar-refractivity contribution is -0.131. The van der Waals surface area contributed by atoms with Gasteiger partial charge in [-0.25, -0.2) is 0 Å². The van der Waals surface area contributed by atoms with Crippen LogP contribution in [-0.2, 0) is 4.79 Å². The first-order valence-electron chi connectivity index (χ1n) is 5.32. The molecule has 74 valence electrons. The van der Waals surface area contributed by atoms with Crippen LogP contribution < -0.4 is 0 Å². The Kier molecular flexibility index (Phi) is 2.18. The predicted molar refractivity (Wildman–Crippen MR) is 50.3 cm³/mol. The van der Waals surface area contributed by atoms with Gasteiger partial charge in [-0.1, -0.05) is 13.3 Å². The lowest BCUT2D eigenvalue weighted by atomic mass is 9.69. The fourth-order valence-corrected chi connectivity index (χ4v) is 2.87. The molecule has 2 aliphatic carbocycles. The summed E-state index contributed by atoms with van der Waals surface area (Å²) >= 11 is 0. The van der Waals surface area contributed by atoms with Crippen LogP contribution in [0.3, 0.4) is 0 Å². The summed E-state index contributed by atoms with van der Waals surface area (Å²) in [5.74, 6) is 0.258. The van der Waals surface area contributed by atoms with Gasteiger partial charge >= 0.3 is 0 Å². The minimum absolute atomic E-state index is 0.0405. The van der Waals surface area contributed by atoms with E-state index in [0.29, 0.717) is 17.6 Å². The quantitative estimate of drug-likeness (QED) is 0.621. The van der Waals surface area contributed by atoms with Crippen LogP contribution in [0.2, 0.25) is 0 Å². The fraction of sp³-hybridized carbons (Fsp3) is 0.909. The van der Waals surface area contributed by atoms with Gasteiger partial charge in [-0.2, -0.15) is 0 Å². The smallest absolute Gasteiger partial charge is 0.138 e. The second-order valence-electron chi connectivity index (χ2n) is 5.05. The van der Waals surface area contributed by atoms with Crippen molar-refractivity contribution >= 4 is 5.78 Å². The Balaban J connectivity index is 2.20. The monoisotopic (exact) mass is 182 g/mol. The standard InChI is InChI=1S/C11H18O2/c1-11-5-2-3-9(12)8(7-11)10(13)4-6-11/h8-9,12H,2-7H2,1H3/t8-,9+,11+/m0/s1. The number of Topliss-reactive ketones (excluding diaryl/α,β-unsaturated/α-hetero) is 1. The molecule has 0 spiro atoms. The molecular formula is C11H18O2. The summed E-state index contributed by atoms with van der Waals surface area (Å²) in [6, 6.07) is 0. The van der Waals surface area contributed by atoms with Gasteiger partial charge in [-0.05, 0) is 31.1 Å². The molecule has 0 aliphatic heterocycles. The molecule has 2 heteroatoms. The van der Waals surface area contributed by atoms with Gasteiger partial charge in [0.2, 0.25) is 0 Å². The normalized spacial score (nSPS) is 45.8. The van der Waals surface area contributed by atoms with Crippen molar-refractivity contribution in [1.29, 1.82) is 0 Å². The molecule has 2 saturated carbocycles. The molecule has 13 heavy (non-hydrogen) atoms. The molecule has 0 aromatic heterocycles. The molecule has 0 amide bonds. The largest absolute Gasteiger partial charge is 0.392 e. The lowest BCUT2D eigenvalue weighted by Gasteiger charge is -2.36. The van der Waals surface area contributed by atoms with Crippen LogP contribution in [0.1, 0.15) is 45.4 Å². The summed E-state index contributed by atoms with van der Waals surface area (Å²) in [7, 11) is 0. The highest BCUT2D eigenvalue weighted by molar-refractivity contribution is 5.82. The number of hydrogen-bond donors (Lipinski definition) is 1. The maximum atomic E-state index is 11.6. The molecule has 0 radical (unpaired) electrons. The first-order chi connectivity index (χ1) is 6.11. The van der Waals surface area contributed by atoms with Crippen molar-refractivity contribution in [3.63, 3.8) is 0 Å². The molecule has 2 nitrogen and oxygen atoms in total. The highest BCUT2D eigenvalue weighted by Crippen LogP contribution is 2.45. The predicted octanol–water partition coefficient (Wildman–Crippen LogP) is 1.91. The Morgan fingerprint density at radius 2 is 2.23 bits per heavy atom. The van der Waals surface area contributed by atoms with Gasteiger partial charge in [-0.15, -0.1) is 0 Å². The average molecular weight is 182 g/mol. The second kappa shape index (κ2) is 3.09. The molecule has 2 aliphatic rings. The molecule has 2 bridgehead atoms. The zero-order chi connectivity index (χ0) is 9.47. The Hall–Kier alpha value is -0.370. The second-order valence-corrected chi connectivity index (χ2v) is 5.05. The van der Waals surface area contributed by atoms with E-state index < -0.39 is 0 Å². The summed E-state index contributed by atoms with van der Waals surface area (Å²) in [6.45, 7) is 2.27. The number of rotatable bonds is 0. The average Bonchev–Trinajstić information content (AvgIpc) is 2.20. The van der Waals surface area contributed by atoms with E-state index in [1.54, 1.807) is 0 Å². The number of hydrogen-bond acceptors (Lipinski definition) is 2. The first-order valence-corrected chi connectivity index (χ1v) is 5.32. The van der Waals surface area contributed by atoms with Gasteiger partial charge in [0, 0.05) is 12.3 Å². The van der Waals surface area contributed by atoms with E-state index in [4.69, 9.17) is 0 Å². The van der Waals surface area contributed by atoms with Crippen LogP contribution in [0.25, 0.3) is 0 Å². The van der Waals surface area contributed by atoms with Gasteiger partial charge in [0.25, 0.3) is 0 Å². The van der Waals surface area contributed by atoms with Crippen LogP contribution in [-0.4, -0.2) is 17.0 Å². The minimum Gasteiger partial charge on any atom is -0.392 e. The molecule has 0 aromatic carbocycles. The highest BCUT2D eigenvalue weighted by Gasteiger charge is 2.41. The Morgan fingerprint density at radius 1 is 1.46 bits per heavy atom. The summed E-state index contributed by atoms with van der Waals surface area (Å²) < 4.78 is 0. The molecule has 0 aromatic rings. The number of ketones is 1. The summed E-state index contributed by atoms with van der Waals surface area (Å²) in [5, 5.41) is 9.76. The summed E-state index contributed by atoms with van der Waals surface area (Å²) in [4.78, 5) is 11.6. The van der Waals surface area contributed by atoms with E-state index in [1.807, 2.05) is 0 Å². The van der Waals surface area contributed by atoms with Crippen LogP contribution in [0.4, 0.5) is 0 Å². The van der Waals surface area contributed by atoms with Gasteiger partial charge in [0.1, 0.15) is 5.78 Å². The number of carbonyl (C=O) groups excluding carboxylic acids is 1. The number of carbonyl (C=O) groups is 1. The summed E-state index contributed by atoms with van der Waals surface area (Å²) in [5.41, 5.74) is 0.343. The fourth-order valence-electron chi connectivity index (χ4n) is 2.87. The van der Waals surface area contributed by atoms with Crippen molar-refractivity contribution < 1.29 is 9.90 Å². The van der Waals surface area contributed by atoms with Crippen LogP contribution >= 0.6 is 0 Å². The number of aliphatic hydroxyl groups excluding tert-OH is 1. The molecular weight excluding hydrogens is 164 g/mol. The van der Waals surface area contributed by atoms with Crippen molar-refractivity contribution in [2.45, 2.75) is 51.6 Å². The molecule has 0 heterocycles. The van der Waals surface area contributed by atoms with E-state index >= 15 is 0 Å². The Bertz CT molecular complexity index is 224. The van der Waals surface area contributed by atoms with Crippen LogP contribution in [0, 0.1) is 11.3 Å². The highest BCUT2D eigenvalue weighted by atomic mass is 16.3. The summed E-state index contributed by atoms with van der Waals surface area (Å²) in [6.07, 6.45) is 5.40. The van der Waals surface area contributed by atoms with E-state index in [9.17, 15) is 9.90 Å². The van der Waals surface area contributed by atoms with Crippen molar-refractivity contribution in [3.05, 3.63) is 0 Å². The van der Waals surface area contributed by atoms with Gasteiger partial charge in [0.15, 0.2) is 0 Å². The van der Waals surface area contributed by atoms with Gasteiger partial charge in [0.05, 0.1) is 6.10 Å². The van der Waals surface area contributed by atoms with Crippen molar-refractivity contribution in [2.24, 2.45) is 11.3 Å². The first kappa shape index (κ1) is 9.20. The third-order valence-corrected chi connectivity index (χ3v) is 3.85. The molecule has 1 N–H and O–H groups in total. The van der Waals surface area contributed by atoms with E-state index in [1.165, 1.54) is 6.42 Å². The maximum Gasteiger partial charge on any atom is 0.138 e. The topological polar surface area (TPSA) is 37.3 Å². The van der Waals surface area contributed by atoms with Crippen molar-refractivity contribution in [1.82, 2.24) is 0 Å². The maximum absolute atomic E-state index is 11.6. The third kappa shape index (κ3) is 1.64. The molecule has 3 atom stereocenters. The third-order valence-electron chi connectivity index (χ3n) is 3.85.